The van der Waals surface area contributed by atoms with E-state index in [2.05, 4.69) is 95.6 Å². The van der Waals surface area contributed by atoms with Crippen LogP contribution in [0.5, 0.6) is 0 Å². The first-order chi connectivity index (χ1) is 21.8. The molecule has 0 amide bonds. The lowest BCUT2D eigenvalue weighted by Crippen LogP contribution is -2.03. The van der Waals surface area contributed by atoms with Crippen molar-refractivity contribution in [2.24, 2.45) is 0 Å². The standard InChI is InChI=1S/C40H21N3O/c1-2-8-25(9-3-1)37-39-38(28-12-4-5-15-31(28)44-39)42-40(41-37)43-29-20-18-23-11-7-14-27-26-13-6-10-22-16-17-24-19-21-30(43)36(34(24)32(22)26)35(29)33(23)27/h1-21H. The SMILES string of the molecule is c1ccc(-c2nc(-n3c4ccc5cccc6c5c4c4c5c(ccc7cccc-6c75)ccc43)nc3c2oc2ccccc23)cc1. The van der Waals surface area contributed by atoms with Crippen LogP contribution in [0, 0.1) is 0 Å². The van der Waals surface area contributed by atoms with Crippen LogP contribution in [0.4, 0.5) is 0 Å². The van der Waals surface area contributed by atoms with Gasteiger partial charge >= 0.3 is 0 Å². The van der Waals surface area contributed by atoms with Crippen LogP contribution in [0.1, 0.15) is 0 Å². The van der Waals surface area contributed by atoms with Gasteiger partial charge in [-0.1, -0.05) is 103 Å². The van der Waals surface area contributed by atoms with E-state index in [0.29, 0.717) is 11.5 Å². The highest BCUT2D eigenvalue weighted by Gasteiger charge is 2.26. The topological polar surface area (TPSA) is 43.9 Å². The van der Waals surface area contributed by atoms with Crippen molar-refractivity contribution < 1.29 is 4.42 Å². The summed E-state index contributed by atoms with van der Waals surface area (Å²) in [6.45, 7) is 0. The molecule has 44 heavy (non-hydrogen) atoms. The van der Waals surface area contributed by atoms with E-state index in [1.54, 1.807) is 0 Å². The molecule has 10 aromatic rings. The Morgan fingerprint density at radius 3 is 1.84 bits per heavy atom. The van der Waals surface area contributed by atoms with Crippen LogP contribution in [0.3, 0.4) is 0 Å². The third kappa shape index (κ3) is 2.69. The second kappa shape index (κ2) is 7.88. The fraction of sp³-hybridized carbons (Fsp3) is 0. The van der Waals surface area contributed by atoms with Gasteiger partial charge in [0, 0.05) is 27.1 Å². The molecule has 0 saturated heterocycles. The van der Waals surface area contributed by atoms with Crippen LogP contribution in [0.15, 0.2) is 132 Å². The molecule has 0 fully saturated rings. The minimum Gasteiger partial charge on any atom is -0.452 e. The van der Waals surface area contributed by atoms with Gasteiger partial charge < -0.3 is 4.42 Å². The van der Waals surface area contributed by atoms with Crippen LogP contribution in [-0.4, -0.2) is 14.5 Å². The largest absolute Gasteiger partial charge is 0.452 e. The zero-order valence-corrected chi connectivity index (χ0v) is 23.4. The molecular weight excluding hydrogens is 538 g/mol. The number of aromatic nitrogens is 3. The van der Waals surface area contributed by atoms with Crippen molar-refractivity contribution in [1.82, 2.24) is 14.5 Å². The average Bonchev–Trinajstić information content (AvgIpc) is 3.59. The molecule has 0 atom stereocenters. The van der Waals surface area contributed by atoms with Gasteiger partial charge in [-0.2, -0.15) is 0 Å². The number of fused-ring (bicyclic) bond motifs is 4. The normalized spacial score (nSPS) is 12.5. The Morgan fingerprint density at radius 2 is 1.09 bits per heavy atom. The smallest absolute Gasteiger partial charge is 0.236 e. The van der Waals surface area contributed by atoms with E-state index in [-0.39, 0.29) is 0 Å². The molecule has 11 rings (SSSR count). The third-order valence-corrected chi connectivity index (χ3v) is 9.51. The number of para-hydroxylation sites is 1. The molecule has 0 N–H and O–H groups in total. The monoisotopic (exact) mass is 559 g/mol. The zero-order valence-electron chi connectivity index (χ0n) is 23.4. The molecule has 1 aliphatic rings. The lowest BCUT2D eigenvalue weighted by Gasteiger charge is -2.13. The average molecular weight is 560 g/mol. The quantitative estimate of drug-likeness (QED) is 0.198. The van der Waals surface area contributed by atoms with Crippen molar-refractivity contribution in [3.63, 3.8) is 0 Å². The fourth-order valence-electron chi connectivity index (χ4n) is 7.70. The lowest BCUT2D eigenvalue weighted by molar-refractivity contribution is 0.666. The number of furan rings is 1. The fourth-order valence-corrected chi connectivity index (χ4v) is 7.70. The number of hydrogen-bond donors (Lipinski definition) is 0. The van der Waals surface area contributed by atoms with Crippen molar-refractivity contribution >= 4 is 76.2 Å². The summed E-state index contributed by atoms with van der Waals surface area (Å²) in [6.07, 6.45) is 0. The Kier molecular flexibility index (Phi) is 4.04. The summed E-state index contributed by atoms with van der Waals surface area (Å²) in [5, 5.41) is 11.1. The molecule has 1 aliphatic carbocycles. The Bertz CT molecular complexity index is 2880. The van der Waals surface area contributed by atoms with Gasteiger partial charge in [0.15, 0.2) is 5.58 Å². The molecule has 0 unspecified atom stereocenters. The van der Waals surface area contributed by atoms with Crippen molar-refractivity contribution in [2.75, 3.05) is 0 Å². The molecular formula is C40H21N3O. The highest BCUT2D eigenvalue weighted by atomic mass is 16.3. The molecule has 202 valence electrons. The van der Waals surface area contributed by atoms with E-state index in [1.807, 2.05) is 36.4 Å². The first kappa shape index (κ1) is 22.6. The summed E-state index contributed by atoms with van der Waals surface area (Å²) in [6, 6.07) is 45.3. The number of benzene rings is 7. The zero-order chi connectivity index (χ0) is 28.5. The van der Waals surface area contributed by atoms with E-state index in [4.69, 9.17) is 14.4 Å². The van der Waals surface area contributed by atoms with Gasteiger partial charge in [-0.25, -0.2) is 9.97 Å². The van der Waals surface area contributed by atoms with Crippen LogP contribution in [-0.2, 0) is 0 Å². The molecule has 4 nitrogen and oxygen atoms in total. The van der Waals surface area contributed by atoms with Crippen molar-refractivity contribution in [3.05, 3.63) is 127 Å². The Hall–Kier alpha value is -6.00. The van der Waals surface area contributed by atoms with Crippen molar-refractivity contribution in [3.8, 4) is 28.3 Å². The maximum absolute atomic E-state index is 6.42. The maximum Gasteiger partial charge on any atom is 0.236 e. The summed E-state index contributed by atoms with van der Waals surface area (Å²) in [5.41, 5.74) is 8.88. The van der Waals surface area contributed by atoms with Gasteiger partial charge in [0.2, 0.25) is 5.95 Å². The first-order valence-electron chi connectivity index (χ1n) is 14.9. The van der Waals surface area contributed by atoms with Crippen molar-refractivity contribution in [2.45, 2.75) is 0 Å². The molecule has 0 radical (unpaired) electrons. The van der Waals surface area contributed by atoms with Crippen LogP contribution >= 0.6 is 0 Å². The number of nitrogens with zero attached hydrogens (tertiary/aromatic N) is 3. The van der Waals surface area contributed by atoms with E-state index < -0.39 is 0 Å². The van der Waals surface area contributed by atoms with Gasteiger partial charge in [0.05, 0.1) is 11.0 Å². The third-order valence-electron chi connectivity index (χ3n) is 9.51. The summed E-state index contributed by atoms with van der Waals surface area (Å²) in [4.78, 5) is 10.6. The Balaban J connectivity index is 1.39. The van der Waals surface area contributed by atoms with Gasteiger partial charge in [-0.05, 0) is 62.3 Å². The number of rotatable bonds is 2. The molecule has 0 aliphatic heterocycles. The second-order valence-corrected chi connectivity index (χ2v) is 11.7. The summed E-state index contributed by atoms with van der Waals surface area (Å²) in [7, 11) is 0. The predicted octanol–water partition coefficient (Wildman–Crippen LogP) is 10.6. The van der Waals surface area contributed by atoms with Crippen LogP contribution in [0.25, 0.3) is 105 Å². The van der Waals surface area contributed by atoms with Crippen LogP contribution in [0.2, 0.25) is 0 Å². The lowest BCUT2D eigenvalue weighted by atomic mass is 9.93. The van der Waals surface area contributed by atoms with E-state index in [0.717, 1.165) is 38.8 Å². The first-order valence-corrected chi connectivity index (χ1v) is 14.9. The minimum absolute atomic E-state index is 0.639. The van der Waals surface area contributed by atoms with E-state index in [1.165, 1.54) is 54.2 Å². The van der Waals surface area contributed by atoms with Gasteiger partial charge in [-0.15, -0.1) is 0 Å². The van der Waals surface area contributed by atoms with E-state index >= 15 is 0 Å². The summed E-state index contributed by atoms with van der Waals surface area (Å²) in [5.74, 6) is 0.639. The second-order valence-electron chi connectivity index (χ2n) is 11.7. The van der Waals surface area contributed by atoms with Crippen molar-refractivity contribution in [1.29, 1.82) is 0 Å². The molecule has 0 spiro atoms. The molecule has 0 saturated carbocycles. The molecule has 0 bridgehead atoms. The molecule has 4 heteroatoms. The Morgan fingerprint density at radius 1 is 0.477 bits per heavy atom. The van der Waals surface area contributed by atoms with Gasteiger partial charge in [0.1, 0.15) is 16.8 Å². The van der Waals surface area contributed by atoms with E-state index in [9.17, 15) is 0 Å². The van der Waals surface area contributed by atoms with Gasteiger partial charge in [0.25, 0.3) is 0 Å². The number of hydrogen-bond acceptors (Lipinski definition) is 3. The Labute approximate surface area is 250 Å². The highest BCUT2D eigenvalue weighted by Crippen LogP contribution is 2.49. The summed E-state index contributed by atoms with van der Waals surface area (Å²) < 4.78 is 8.69. The highest BCUT2D eigenvalue weighted by molar-refractivity contribution is 6.38. The van der Waals surface area contributed by atoms with Gasteiger partial charge in [-0.3, -0.25) is 4.57 Å². The minimum atomic E-state index is 0.639. The maximum atomic E-state index is 6.42. The predicted molar refractivity (Wildman–Crippen MR) is 181 cm³/mol. The summed E-state index contributed by atoms with van der Waals surface area (Å²) >= 11 is 0. The molecule has 7 aromatic carbocycles. The molecule has 3 aromatic heterocycles. The van der Waals surface area contributed by atoms with Crippen LogP contribution < -0.4 is 0 Å². The molecule has 3 heterocycles.